The third-order valence-corrected chi connectivity index (χ3v) is 10.5. The predicted molar refractivity (Wildman–Crippen MR) is 242 cm³/mol. The van der Waals surface area contributed by atoms with Crippen LogP contribution in [0.3, 0.4) is 0 Å². The van der Waals surface area contributed by atoms with Gasteiger partial charge in [0.2, 0.25) is 5.95 Å². The minimum absolute atomic E-state index is 0.191. The Kier molecular flexibility index (Phi) is 9.69. The first-order chi connectivity index (χ1) is 28.5. The molecule has 0 N–H and O–H groups in total. The van der Waals surface area contributed by atoms with Gasteiger partial charge in [-0.15, -0.1) is 0 Å². The third-order valence-electron chi connectivity index (χ3n) is 10.5. The molecule has 0 saturated carbocycles. The van der Waals surface area contributed by atoms with Crippen molar-refractivity contribution in [2.75, 3.05) is 6.54 Å². The summed E-state index contributed by atoms with van der Waals surface area (Å²) in [6.45, 7) is 13.3. The van der Waals surface area contributed by atoms with Gasteiger partial charge in [0.15, 0.2) is 5.82 Å². The van der Waals surface area contributed by atoms with Crippen molar-refractivity contribution in [1.82, 2.24) is 29.1 Å². The molecule has 7 heteroatoms. The lowest BCUT2D eigenvalue weighted by atomic mass is 10.0. The van der Waals surface area contributed by atoms with Crippen LogP contribution in [0.4, 0.5) is 0 Å². The van der Waals surface area contributed by atoms with E-state index >= 15 is 0 Å². The van der Waals surface area contributed by atoms with Crippen molar-refractivity contribution < 1.29 is 0 Å². The number of nitrogens with zero attached hydrogens (tertiary/aromatic N) is 7. The zero-order valence-electron chi connectivity index (χ0n) is 32.5. The number of rotatable bonds is 10. The first-order valence-electron chi connectivity index (χ1n) is 19.5. The molecule has 0 amide bonds. The van der Waals surface area contributed by atoms with Crippen LogP contribution in [0, 0.1) is 0 Å². The molecule has 0 radical (unpaired) electrons. The molecule has 1 aliphatic heterocycles. The number of aliphatic imine (C=N–C) groups is 1. The summed E-state index contributed by atoms with van der Waals surface area (Å²) < 4.78 is 4.45. The van der Waals surface area contributed by atoms with Gasteiger partial charge in [0.1, 0.15) is 5.82 Å². The Morgan fingerprint density at radius 3 is 2.05 bits per heavy atom. The van der Waals surface area contributed by atoms with Gasteiger partial charge in [0.25, 0.3) is 0 Å². The molecule has 280 valence electrons. The fraction of sp³-hybridized carbons (Fsp3) is 0.0784. The van der Waals surface area contributed by atoms with Crippen molar-refractivity contribution in [2.45, 2.75) is 19.8 Å². The number of hydrogen-bond acceptors (Lipinski definition) is 5. The first kappa shape index (κ1) is 36.1. The Bertz CT molecular complexity index is 3080. The summed E-state index contributed by atoms with van der Waals surface area (Å²) in [6, 6.07) is 35.6. The number of hydrogen-bond donors (Lipinski definition) is 0. The predicted octanol–water partition coefficient (Wildman–Crippen LogP) is 12.2. The van der Waals surface area contributed by atoms with Gasteiger partial charge in [-0.3, -0.25) is 14.5 Å². The van der Waals surface area contributed by atoms with E-state index in [2.05, 4.69) is 107 Å². The van der Waals surface area contributed by atoms with E-state index < -0.39 is 0 Å². The second-order valence-corrected chi connectivity index (χ2v) is 14.2. The highest BCUT2D eigenvalue weighted by atomic mass is 15.2. The van der Waals surface area contributed by atoms with Gasteiger partial charge in [-0.05, 0) is 55.8 Å². The normalized spacial score (nSPS) is 14.7. The number of dihydropyridines is 1. The quantitative estimate of drug-likeness (QED) is 0.130. The molecule has 0 saturated heterocycles. The van der Waals surface area contributed by atoms with Crippen molar-refractivity contribution >= 4 is 55.0 Å². The Labute approximate surface area is 337 Å². The highest BCUT2D eigenvalue weighted by Crippen LogP contribution is 2.41. The van der Waals surface area contributed by atoms with E-state index in [0.29, 0.717) is 24.1 Å². The summed E-state index contributed by atoms with van der Waals surface area (Å²) in [5.74, 6) is 1.48. The van der Waals surface area contributed by atoms with Gasteiger partial charge in [0, 0.05) is 44.6 Å². The molecule has 4 aromatic heterocycles. The minimum Gasteiger partial charge on any atom is -0.308 e. The molecular formula is C51H41N7. The van der Waals surface area contributed by atoms with Crippen LogP contribution in [0.2, 0.25) is 0 Å². The topological polar surface area (TPSA) is 73.8 Å². The van der Waals surface area contributed by atoms with Crippen LogP contribution in [0.25, 0.3) is 77.9 Å². The highest BCUT2D eigenvalue weighted by molar-refractivity contribution is 6.24. The fourth-order valence-electron chi connectivity index (χ4n) is 7.70. The number of allylic oxidation sites excluding steroid dienone is 11. The van der Waals surface area contributed by atoms with Gasteiger partial charge < -0.3 is 4.57 Å². The molecule has 58 heavy (non-hydrogen) atoms. The van der Waals surface area contributed by atoms with Crippen molar-refractivity contribution in [1.29, 1.82) is 0 Å². The SMILES string of the molecule is C=C(/C=C\C=C/C)C1=NCC(c2nc(-c3ccc(-c4ccccc4)nc3)nc(-n3c4ccccc4c4ccc5c6ccccc6n(C(=C)/C=C\C=C/C)c5c43)n2)C=C1. The van der Waals surface area contributed by atoms with Gasteiger partial charge in [0.05, 0.1) is 45.9 Å². The van der Waals surface area contributed by atoms with Crippen molar-refractivity contribution in [3.05, 3.63) is 195 Å². The van der Waals surface area contributed by atoms with E-state index in [9.17, 15) is 0 Å². The van der Waals surface area contributed by atoms with Crippen LogP contribution in [0.5, 0.6) is 0 Å². The van der Waals surface area contributed by atoms with Gasteiger partial charge in [-0.1, -0.05) is 141 Å². The summed E-state index contributed by atoms with van der Waals surface area (Å²) in [6.07, 6.45) is 22.0. The molecule has 4 aromatic carbocycles. The summed E-state index contributed by atoms with van der Waals surface area (Å²) in [4.78, 5) is 25.5. The van der Waals surface area contributed by atoms with Crippen LogP contribution in [0.1, 0.15) is 25.6 Å². The number of pyridine rings is 1. The maximum absolute atomic E-state index is 5.32. The van der Waals surface area contributed by atoms with E-state index in [0.717, 1.165) is 77.4 Å². The van der Waals surface area contributed by atoms with Crippen LogP contribution in [-0.2, 0) is 0 Å². The molecule has 1 aliphatic rings. The minimum atomic E-state index is -0.191. The maximum atomic E-state index is 5.32. The highest BCUT2D eigenvalue weighted by Gasteiger charge is 2.25. The average molecular weight is 752 g/mol. The standard InChI is InChI=1S/C51H41N7/c1-5-7-10-18-34(3)43-30-26-37(32-52-43)49-54-50(38-27-31-44(53-33-38)36-20-12-9-13-21-36)56-51(55-49)58-46-25-17-15-23-40(46)42-29-28-41-39-22-14-16-24-45(39)57(47(41)48(42)58)35(4)19-11-8-6-2/h5-31,33,37H,3-4,32H2,1-2H3/b7-5-,8-6-,18-10-,19-11-. The third kappa shape index (κ3) is 6.52. The van der Waals surface area contributed by atoms with E-state index in [4.69, 9.17) is 24.9 Å². The molecule has 7 nitrogen and oxygen atoms in total. The van der Waals surface area contributed by atoms with Crippen LogP contribution in [-0.4, -0.2) is 41.3 Å². The fourth-order valence-corrected chi connectivity index (χ4v) is 7.70. The number of para-hydroxylation sites is 2. The lowest BCUT2D eigenvalue weighted by Crippen LogP contribution is -2.16. The zero-order chi connectivity index (χ0) is 39.6. The number of fused-ring (bicyclic) bond motifs is 7. The van der Waals surface area contributed by atoms with E-state index in [-0.39, 0.29) is 5.92 Å². The maximum Gasteiger partial charge on any atom is 0.238 e. The lowest BCUT2D eigenvalue weighted by Gasteiger charge is -2.17. The van der Waals surface area contributed by atoms with E-state index in [1.54, 1.807) is 0 Å². The zero-order valence-corrected chi connectivity index (χ0v) is 32.5. The van der Waals surface area contributed by atoms with Gasteiger partial charge in [-0.25, -0.2) is 4.98 Å². The molecule has 0 spiro atoms. The van der Waals surface area contributed by atoms with Crippen LogP contribution >= 0.6 is 0 Å². The molecule has 9 rings (SSSR count). The average Bonchev–Trinajstić information content (AvgIpc) is 3.80. The van der Waals surface area contributed by atoms with Crippen molar-refractivity contribution in [3.8, 4) is 28.6 Å². The Morgan fingerprint density at radius 2 is 1.34 bits per heavy atom. The summed E-state index contributed by atoms with van der Waals surface area (Å²) in [5.41, 5.74) is 9.32. The molecule has 8 aromatic rings. The van der Waals surface area contributed by atoms with E-state index in [1.165, 1.54) is 0 Å². The Morgan fingerprint density at radius 1 is 0.655 bits per heavy atom. The van der Waals surface area contributed by atoms with Crippen LogP contribution < -0.4 is 0 Å². The Balaban J connectivity index is 1.29. The summed E-state index contributed by atoms with van der Waals surface area (Å²) >= 11 is 0. The smallest absolute Gasteiger partial charge is 0.238 e. The second kappa shape index (κ2) is 15.6. The second-order valence-electron chi connectivity index (χ2n) is 14.2. The number of aromatic nitrogens is 6. The molecule has 0 bridgehead atoms. The first-order valence-corrected chi connectivity index (χ1v) is 19.5. The van der Waals surface area contributed by atoms with E-state index in [1.807, 2.05) is 99.0 Å². The van der Waals surface area contributed by atoms with Crippen LogP contribution in [0.15, 0.2) is 194 Å². The Hall–Kier alpha value is -7.51. The van der Waals surface area contributed by atoms with Crippen molar-refractivity contribution in [2.24, 2.45) is 4.99 Å². The van der Waals surface area contributed by atoms with Gasteiger partial charge in [-0.2, -0.15) is 9.97 Å². The summed E-state index contributed by atoms with van der Waals surface area (Å²) in [7, 11) is 0. The molecule has 0 aliphatic carbocycles. The molecule has 5 heterocycles. The largest absolute Gasteiger partial charge is 0.308 e. The molecule has 1 unspecified atom stereocenters. The molecular weight excluding hydrogens is 711 g/mol. The molecule has 1 atom stereocenters. The monoisotopic (exact) mass is 751 g/mol. The van der Waals surface area contributed by atoms with Gasteiger partial charge >= 0.3 is 0 Å². The molecule has 0 fully saturated rings. The lowest BCUT2D eigenvalue weighted by molar-refractivity contribution is 0.748. The number of benzene rings is 4. The van der Waals surface area contributed by atoms with Crippen molar-refractivity contribution in [3.63, 3.8) is 0 Å². The summed E-state index contributed by atoms with van der Waals surface area (Å²) in [5, 5.41) is 4.44.